The van der Waals surface area contributed by atoms with Crippen molar-refractivity contribution in [3.8, 4) is 0 Å². The summed E-state index contributed by atoms with van der Waals surface area (Å²) in [7, 11) is 0. The molecule has 0 aromatic heterocycles. The zero-order valence-corrected chi connectivity index (χ0v) is 12.0. The first kappa shape index (κ1) is 13.6. The Balaban J connectivity index is 1.86. The van der Waals surface area contributed by atoms with E-state index in [2.05, 4.69) is 5.32 Å². The van der Waals surface area contributed by atoms with Crippen LogP contribution in [0.1, 0.15) is 13.8 Å². The van der Waals surface area contributed by atoms with Crippen LogP contribution < -0.4 is 15.1 Å². The largest absolute Gasteiger partial charge is 0.336 e. The highest BCUT2D eigenvalue weighted by Gasteiger charge is 2.43. The molecule has 0 aliphatic carbocycles. The van der Waals surface area contributed by atoms with Crippen LogP contribution in [0.15, 0.2) is 24.3 Å². The van der Waals surface area contributed by atoms with Crippen LogP contribution in [0.25, 0.3) is 0 Å². The van der Waals surface area contributed by atoms with Crippen molar-refractivity contribution in [2.45, 2.75) is 13.8 Å². The van der Waals surface area contributed by atoms with Crippen LogP contribution in [0, 0.1) is 11.8 Å². The SMILES string of the molecule is CC1C(=O)N(c2ccc(N3CCNC3=O)cc2)C(=O)C1C. The quantitative estimate of drug-likeness (QED) is 0.835. The minimum absolute atomic E-state index is 0.127. The Morgan fingerprint density at radius 3 is 1.95 bits per heavy atom. The molecule has 6 nitrogen and oxygen atoms in total. The molecule has 2 heterocycles. The zero-order chi connectivity index (χ0) is 15.1. The van der Waals surface area contributed by atoms with Gasteiger partial charge < -0.3 is 5.32 Å². The van der Waals surface area contributed by atoms with Crippen molar-refractivity contribution in [1.29, 1.82) is 0 Å². The number of nitrogens with one attached hydrogen (secondary N) is 1. The lowest BCUT2D eigenvalue weighted by Gasteiger charge is -2.18. The van der Waals surface area contributed by atoms with Crippen LogP contribution in [0.3, 0.4) is 0 Å². The van der Waals surface area contributed by atoms with Crippen molar-refractivity contribution in [3.05, 3.63) is 24.3 Å². The molecule has 0 saturated carbocycles. The molecule has 3 rings (SSSR count). The number of anilines is 2. The number of urea groups is 1. The summed E-state index contributed by atoms with van der Waals surface area (Å²) >= 11 is 0. The van der Waals surface area contributed by atoms with E-state index in [4.69, 9.17) is 0 Å². The number of hydrogen-bond donors (Lipinski definition) is 1. The van der Waals surface area contributed by atoms with Gasteiger partial charge in [0.25, 0.3) is 0 Å². The van der Waals surface area contributed by atoms with Crippen LogP contribution in [0.4, 0.5) is 16.2 Å². The lowest BCUT2D eigenvalue weighted by molar-refractivity contribution is -0.122. The molecule has 2 aliphatic heterocycles. The number of hydrogen-bond acceptors (Lipinski definition) is 3. The third-order valence-electron chi connectivity index (χ3n) is 4.25. The van der Waals surface area contributed by atoms with E-state index in [1.165, 1.54) is 4.90 Å². The minimum atomic E-state index is -0.290. The van der Waals surface area contributed by atoms with E-state index in [9.17, 15) is 14.4 Å². The summed E-state index contributed by atoms with van der Waals surface area (Å²) in [6.45, 7) is 4.79. The lowest BCUT2D eigenvalue weighted by Crippen LogP contribution is -2.31. The third-order valence-corrected chi connectivity index (χ3v) is 4.25. The fourth-order valence-electron chi connectivity index (χ4n) is 2.70. The molecule has 2 saturated heterocycles. The fourth-order valence-corrected chi connectivity index (χ4v) is 2.70. The number of amides is 4. The summed E-state index contributed by atoms with van der Waals surface area (Å²) in [6.07, 6.45) is 0. The van der Waals surface area contributed by atoms with Gasteiger partial charge in [-0.2, -0.15) is 0 Å². The molecular weight excluding hydrogens is 270 g/mol. The first-order valence-electron chi connectivity index (χ1n) is 7.04. The summed E-state index contributed by atoms with van der Waals surface area (Å²) < 4.78 is 0. The highest BCUT2D eigenvalue weighted by molar-refractivity contribution is 6.21. The summed E-state index contributed by atoms with van der Waals surface area (Å²) in [6, 6.07) is 6.81. The predicted octanol–water partition coefficient (Wildman–Crippen LogP) is 1.36. The number of rotatable bonds is 2. The second-order valence-electron chi connectivity index (χ2n) is 5.49. The Morgan fingerprint density at radius 2 is 1.48 bits per heavy atom. The van der Waals surface area contributed by atoms with Gasteiger partial charge in [0.1, 0.15) is 0 Å². The predicted molar refractivity (Wildman–Crippen MR) is 78.0 cm³/mol. The molecule has 2 atom stereocenters. The zero-order valence-electron chi connectivity index (χ0n) is 12.0. The van der Waals surface area contributed by atoms with E-state index in [0.29, 0.717) is 18.8 Å². The standard InChI is InChI=1S/C15H17N3O3/c1-9-10(2)14(20)18(13(9)19)12-5-3-11(4-6-12)17-8-7-16-15(17)21/h3-6,9-10H,7-8H2,1-2H3,(H,16,21). The maximum atomic E-state index is 12.2. The summed E-state index contributed by atoms with van der Waals surface area (Å²) in [5, 5.41) is 2.73. The molecular formula is C15H17N3O3. The molecule has 2 aliphatic rings. The molecule has 2 unspecified atom stereocenters. The first-order chi connectivity index (χ1) is 10.0. The van der Waals surface area contributed by atoms with Crippen LogP contribution in [0.5, 0.6) is 0 Å². The molecule has 1 aromatic carbocycles. The van der Waals surface area contributed by atoms with Crippen molar-refractivity contribution < 1.29 is 14.4 Å². The van der Waals surface area contributed by atoms with Crippen molar-refractivity contribution in [1.82, 2.24) is 5.32 Å². The number of benzene rings is 1. The number of nitrogens with zero attached hydrogens (tertiary/aromatic N) is 2. The van der Waals surface area contributed by atoms with Gasteiger partial charge in [-0.25, -0.2) is 4.79 Å². The van der Waals surface area contributed by atoms with Crippen LogP contribution >= 0.6 is 0 Å². The van der Waals surface area contributed by atoms with Crippen molar-refractivity contribution in [2.75, 3.05) is 22.9 Å². The molecule has 0 radical (unpaired) electrons. The second kappa shape index (κ2) is 4.87. The van der Waals surface area contributed by atoms with Crippen molar-refractivity contribution in [3.63, 3.8) is 0 Å². The summed E-state index contributed by atoms with van der Waals surface area (Å²) in [4.78, 5) is 38.8. The molecule has 21 heavy (non-hydrogen) atoms. The van der Waals surface area contributed by atoms with Crippen LogP contribution in [0.2, 0.25) is 0 Å². The second-order valence-corrected chi connectivity index (χ2v) is 5.49. The average molecular weight is 287 g/mol. The van der Waals surface area contributed by atoms with Gasteiger partial charge in [-0.1, -0.05) is 13.8 Å². The highest BCUT2D eigenvalue weighted by Crippen LogP contribution is 2.31. The van der Waals surface area contributed by atoms with E-state index in [-0.39, 0.29) is 29.7 Å². The van der Waals surface area contributed by atoms with Gasteiger partial charge in [0.05, 0.1) is 5.69 Å². The smallest absolute Gasteiger partial charge is 0.321 e. The number of carbonyl (C=O) groups excluding carboxylic acids is 3. The highest BCUT2D eigenvalue weighted by atomic mass is 16.2. The van der Waals surface area contributed by atoms with E-state index >= 15 is 0 Å². The van der Waals surface area contributed by atoms with Crippen molar-refractivity contribution >= 4 is 29.2 Å². The van der Waals surface area contributed by atoms with Gasteiger partial charge in [-0.15, -0.1) is 0 Å². The molecule has 1 aromatic rings. The molecule has 2 fully saturated rings. The van der Waals surface area contributed by atoms with E-state index < -0.39 is 0 Å². The topological polar surface area (TPSA) is 69.7 Å². The van der Waals surface area contributed by atoms with Crippen molar-refractivity contribution in [2.24, 2.45) is 11.8 Å². The molecule has 4 amide bonds. The van der Waals surface area contributed by atoms with Gasteiger partial charge in [-0.05, 0) is 24.3 Å². The summed E-state index contributed by atoms with van der Waals surface area (Å²) in [5.74, 6) is -0.915. The Labute approximate surface area is 122 Å². The maximum Gasteiger partial charge on any atom is 0.321 e. The fraction of sp³-hybridized carbons (Fsp3) is 0.400. The monoisotopic (exact) mass is 287 g/mol. The molecule has 6 heteroatoms. The number of carbonyl (C=O) groups is 3. The summed E-state index contributed by atoms with van der Waals surface area (Å²) in [5.41, 5.74) is 1.32. The lowest BCUT2D eigenvalue weighted by atomic mass is 10.00. The molecule has 1 N–H and O–H groups in total. The van der Waals surface area contributed by atoms with Crippen LogP contribution in [-0.2, 0) is 9.59 Å². The Kier molecular flexibility index (Phi) is 3.16. The van der Waals surface area contributed by atoms with Gasteiger partial charge in [0.15, 0.2) is 0 Å². The molecule has 110 valence electrons. The third kappa shape index (κ3) is 2.07. The average Bonchev–Trinajstić information content (AvgIpc) is 2.99. The van der Waals surface area contributed by atoms with E-state index in [0.717, 1.165) is 5.69 Å². The minimum Gasteiger partial charge on any atom is -0.336 e. The van der Waals surface area contributed by atoms with Gasteiger partial charge in [0.2, 0.25) is 11.8 Å². The van der Waals surface area contributed by atoms with Gasteiger partial charge in [-0.3, -0.25) is 19.4 Å². The molecule has 0 spiro atoms. The van der Waals surface area contributed by atoms with Gasteiger partial charge >= 0.3 is 6.03 Å². The Hall–Kier alpha value is -2.37. The maximum absolute atomic E-state index is 12.2. The molecule has 0 bridgehead atoms. The normalized spacial score (nSPS) is 25.7. The van der Waals surface area contributed by atoms with E-state index in [1.54, 1.807) is 43.0 Å². The number of imide groups is 1. The van der Waals surface area contributed by atoms with Crippen LogP contribution in [-0.4, -0.2) is 30.9 Å². The first-order valence-corrected chi connectivity index (χ1v) is 7.04. The Bertz CT molecular complexity index is 591. The Morgan fingerprint density at radius 1 is 0.952 bits per heavy atom. The van der Waals surface area contributed by atoms with Gasteiger partial charge in [0, 0.05) is 30.6 Å². The van der Waals surface area contributed by atoms with E-state index in [1.807, 2.05) is 0 Å².